The van der Waals surface area contributed by atoms with Gasteiger partial charge >= 0.3 is 0 Å². The van der Waals surface area contributed by atoms with Crippen LogP contribution in [0.15, 0.2) is 30.3 Å². The minimum Gasteiger partial charge on any atom is -0.373 e. The van der Waals surface area contributed by atoms with Crippen molar-refractivity contribution in [1.82, 2.24) is 4.31 Å². The quantitative estimate of drug-likeness (QED) is 0.798. The molecule has 1 aromatic carbocycles. The second-order valence-electron chi connectivity index (χ2n) is 4.34. The van der Waals surface area contributed by atoms with Gasteiger partial charge in [0.2, 0.25) is 0 Å². The third kappa shape index (κ3) is 3.95. The Labute approximate surface area is 112 Å². The fourth-order valence-electron chi connectivity index (χ4n) is 2.01. The van der Waals surface area contributed by atoms with Gasteiger partial charge in [-0.15, -0.1) is 0 Å². The Balaban J connectivity index is 1.78. The zero-order chi connectivity index (χ0) is 13.0. The maximum Gasteiger partial charge on any atom is 0.299 e. The lowest BCUT2D eigenvalue weighted by molar-refractivity contribution is 0.0105. The first kappa shape index (κ1) is 13.8. The molecule has 0 spiro atoms. The molecule has 0 aromatic heterocycles. The van der Waals surface area contributed by atoms with Gasteiger partial charge in [-0.1, -0.05) is 30.3 Å². The van der Waals surface area contributed by atoms with Crippen LogP contribution in [0.5, 0.6) is 0 Å². The van der Waals surface area contributed by atoms with Gasteiger partial charge < -0.3 is 4.74 Å². The molecule has 100 valence electrons. The topological polar surface area (TPSA) is 46.6 Å². The summed E-state index contributed by atoms with van der Waals surface area (Å²) >= 11 is 0. The van der Waals surface area contributed by atoms with Crippen LogP contribution < -0.4 is 0 Å². The van der Waals surface area contributed by atoms with Crippen LogP contribution in [-0.2, 0) is 20.6 Å². The van der Waals surface area contributed by atoms with E-state index < -0.39 is 9.24 Å². The van der Waals surface area contributed by atoms with Crippen molar-refractivity contribution in [2.24, 2.45) is 0 Å². The summed E-state index contributed by atoms with van der Waals surface area (Å²) < 4.78 is 29.3. The Bertz CT molecular complexity index is 469. The average molecular weight is 290 g/mol. The van der Waals surface area contributed by atoms with Crippen LogP contribution in [0.25, 0.3) is 0 Å². The van der Waals surface area contributed by atoms with Gasteiger partial charge in [-0.3, -0.25) is 0 Å². The first-order valence-electron chi connectivity index (χ1n) is 5.91. The second kappa shape index (κ2) is 6.02. The van der Waals surface area contributed by atoms with E-state index in [9.17, 15) is 8.42 Å². The molecule has 0 unspecified atom stereocenters. The number of hydrogen-bond donors (Lipinski definition) is 0. The standard InChI is InChI=1S/C12H16ClNO3S/c13-18(15,16)14-8-6-12(7-9-14)17-10-11-4-2-1-3-5-11/h1-5,12H,6-10H2. The van der Waals surface area contributed by atoms with Crippen molar-refractivity contribution in [3.8, 4) is 0 Å². The van der Waals surface area contributed by atoms with Crippen molar-refractivity contribution < 1.29 is 13.2 Å². The molecule has 0 radical (unpaired) electrons. The van der Waals surface area contributed by atoms with Crippen LogP contribution in [0.1, 0.15) is 18.4 Å². The second-order valence-corrected chi connectivity index (χ2v) is 6.85. The van der Waals surface area contributed by atoms with Crippen molar-refractivity contribution in [1.29, 1.82) is 0 Å². The molecule has 1 aliphatic rings. The first-order chi connectivity index (χ1) is 8.55. The number of benzene rings is 1. The van der Waals surface area contributed by atoms with E-state index in [4.69, 9.17) is 15.4 Å². The molecular weight excluding hydrogens is 274 g/mol. The molecule has 1 aliphatic heterocycles. The third-order valence-electron chi connectivity index (χ3n) is 3.04. The zero-order valence-electron chi connectivity index (χ0n) is 9.96. The van der Waals surface area contributed by atoms with Crippen LogP contribution in [0.4, 0.5) is 0 Å². The zero-order valence-corrected chi connectivity index (χ0v) is 11.5. The van der Waals surface area contributed by atoms with Crippen LogP contribution in [0.3, 0.4) is 0 Å². The predicted molar refractivity (Wildman–Crippen MR) is 70.6 cm³/mol. The maximum absolute atomic E-state index is 11.1. The molecule has 2 rings (SSSR count). The summed E-state index contributed by atoms with van der Waals surface area (Å²) in [6.07, 6.45) is 1.50. The molecule has 6 heteroatoms. The Hall–Kier alpha value is -0.620. The van der Waals surface area contributed by atoms with E-state index in [-0.39, 0.29) is 6.10 Å². The molecule has 0 atom stereocenters. The molecule has 0 aliphatic carbocycles. The highest BCUT2D eigenvalue weighted by molar-refractivity contribution is 8.11. The smallest absolute Gasteiger partial charge is 0.299 e. The first-order valence-corrected chi connectivity index (χ1v) is 8.17. The van der Waals surface area contributed by atoms with E-state index in [1.807, 2.05) is 30.3 Å². The van der Waals surface area contributed by atoms with Gasteiger partial charge in [0.1, 0.15) is 0 Å². The summed E-state index contributed by atoms with van der Waals surface area (Å²) in [5, 5.41) is 0. The van der Waals surface area contributed by atoms with E-state index in [1.54, 1.807) is 0 Å². The van der Waals surface area contributed by atoms with Crippen molar-refractivity contribution in [3.05, 3.63) is 35.9 Å². The van der Waals surface area contributed by atoms with E-state index in [1.165, 1.54) is 4.31 Å². The van der Waals surface area contributed by atoms with Gasteiger partial charge in [0.15, 0.2) is 0 Å². The molecule has 1 fully saturated rings. The summed E-state index contributed by atoms with van der Waals surface area (Å²) in [6.45, 7) is 1.44. The summed E-state index contributed by atoms with van der Waals surface area (Å²) in [5.41, 5.74) is 1.13. The van der Waals surface area contributed by atoms with E-state index in [2.05, 4.69) is 0 Å². The Morgan fingerprint density at radius 3 is 2.39 bits per heavy atom. The summed E-state index contributed by atoms with van der Waals surface area (Å²) in [6, 6.07) is 9.94. The van der Waals surface area contributed by atoms with Gasteiger partial charge in [-0.05, 0) is 18.4 Å². The minimum atomic E-state index is -3.57. The van der Waals surface area contributed by atoms with E-state index in [0.29, 0.717) is 32.5 Å². The lowest BCUT2D eigenvalue weighted by atomic mass is 10.1. The van der Waals surface area contributed by atoms with Crippen LogP contribution in [-0.4, -0.2) is 31.9 Å². The SMILES string of the molecule is O=S(=O)(Cl)N1CCC(OCc2ccccc2)CC1. The maximum atomic E-state index is 11.1. The predicted octanol–water partition coefficient (Wildman–Crippen LogP) is 2.15. The molecule has 4 nitrogen and oxygen atoms in total. The Morgan fingerprint density at radius 1 is 1.22 bits per heavy atom. The number of halogens is 1. The fraction of sp³-hybridized carbons (Fsp3) is 0.500. The normalized spacial score (nSPS) is 18.9. The van der Waals surface area contributed by atoms with Crippen molar-refractivity contribution in [2.45, 2.75) is 25.6 Å². The summed E-state index contributed by atoms with van der Waals surface area (Å²) in [4.78, 5) is 0. The average Bonchev–Trinajstić information content (AvgIpc) is 2.37. The van der Waals surface area contributed by atoms with E-state index >= 15 is 0 Å². The monoisotopic (exact) mass is 289 g/mol. The molecule has 1 heterocycles. The summed E-state index contributed by atoms with van der Waals surface area (Å²) in [5.74, 6) is 0. The molecule has 0 saturated carbocycles. The minimum absolute atomic E-state index is 0.111. The number of nitrogens with zero attached hydrogens (tertiary/aromatic N) is 1. The molecule has 0 amide bonds. The Morgan fingerprint density at radius 2 is 1.83 bits per heavy atom. The Kier molecular flexibility index (Phi) is 4.61. The highest BCUT2D eigenvalue weighted by Crippen LogP contribution is 2.19. The van der Waals surface area contributed by atoms with Crippen molar-refractivity contribution >= 4 is 19.9 Å². The van der Waals surface area contributed by atoms with Gasteiger partial charge in [0.05, 0.1) is 12.7 Å². The van der Waals surface area contributed by atoms with Gasteiger partial charge in [-0.25, -0.2) is 0 Å². The summed E-state index contributed by atoms with van der Waals surface area (Å²) in [7, 11) is 1.72. The molecule has 0 N–H and O–H groups in total. The van der Waals surface area contributed by atoms with Crippen molar-refractivity contribution in [2.75, 3.05) is 13.1 Å². The van der Waals surface area contributed by atoms with E-state index in [0.717, 1.165) is 5.56 Å². The van der Waals surface area contributed by atoms with Gasteiger partial charge in [0, 0.05) is 23.8 Å². The molecule has 0 bridgehead atoms. The van der Waals surface area contributed by atoms with Gasteiger partial charge in [0.25, 0.3) is 9.24 Å². The van der Waals surface area contributed by atoms with Crippen LogP contribution >= 0.6 is 10.7 Å². The number of piperidine rings is 1. The lowest BCUT2D eigenvalue weighted by Gasteiger charge is -2.29. The molecule has 18 heavy (non-hydrogen) atoms. The number of rotatable bonds is 4. The third-order valence-corrected chi connectivity index (χ3v) is 4.61. The fourth-order valence-corrected chi connectivity index (χ4v) is 3.07. The number of hydrogen-bond acceptors (Lipinski definition) is 3. The highest BCUT2D eigenvalue weighted by Gasteiger charge is 2.26. The van der Waals surface area contributed by atoms with Crippen LogP contribution in [0.2, 0.25) is 0 Å². The molecular formula is C12H16ClNO3S. The van der Waals surface area contributed by atoms with Gasteiger partial charge in [-0.2, -0.15) is 12.7 Å². The largest absolute Gasteiger partial charge is 0.373 e. The van der Waals surface area contributed by atoms with Crippen LogP contribution in [0, 0.1) is 0 Å². The number of ether oxygens (including phenoxy) is 1. The van der Waals surface area contributed by atoms with Crippen molar-refractivity contribution in [3.63, 3.8) is 0 Å². The lowest BCUT2D eigenvalue weighted by Crippen LogP contribution is -2.38. The molecule has 1 aromatic rings. The molecule has 1 saturated heterocycles. The highest BCUT2D eigenvalue weighted by atomic mass is 35.7.